The number of aromatic amines is 2. The van der Waals surface area contributed by atoms with Gasteiger partial charge in [-0.25, -0.2) is 14.8 Å². The van der Waals surface area contributed by atoms with Crippen LogP contribution in [0.25, 0.3) is 0 Å². The lowest BCUT2D eigenvalue weighted by Gasteiger charge is -2.28. The number of primary amides is 1. The molecule has 36 nitrogen and oxygen atoms in total. The van der Waals surface area contributed by atoms with Crippen LogP contribution in [0.3, 0.4) is 0 Å². The van der Waals surface area contributed by atoms with Crippen LogP contribution in [0.2, 0.25) is 0 Å². The number of nitrogens with two attached hydrogens (primary N) is 2. The number of carboxylic acids is 2. The minimum Gasteiger partial charge on any atom is -0.481 e. The van der Waals surface area contributed by atoms with Crippen LogP contribution in [0, 0.1) is 5.92 Å². The van der Waals surface area contributed by atoms with Gasteiger partial charge in [-0.05, 0) is 33.1 Å². The average Bonchev–Trinajstić information content (AvgIpc) is 4.38. The van der Waals surface area contributed by atoms with Crippen molar-refractivity contribution in [3.63, 3.8) is 0 Å². The zero-order valence-corrected chi connectivity index (χ0v) is 50.9. The molecule has 0 saturated heterocycles. The molecule has 0 saturated carbocycles. The van der Waals surface area contributed by atoms with E-state index >= 15 is 0 Å². The first-order valence-corrected chi connectivity index (χ1v) is 28.7. The molecule has 14 atom stereocenters. The second kappa shape index (κ2) is 37.6. The zero-order chi connectivity index (χ0) is 66.7. The number of nitrogens with one attached hydrogen (secondary N) is 13. The molecule has 0 aliphatic rings. The van der Waals surface area contributed by atoms with E-state index < -0.39 is 217 Å². The van der Waals surface area contributed by atoms with E-state index in [0.717, 1.165) is 20.8 Å². The molecule has 2 aromatic rings. The molecule has 0 fully saturated rings. The quantitative estimate of drug-likeness (QED) is 0.0276. The van der Waals surface area contributed by atoms with E-state index in [1.165, 1.54) is 25.0 Å². The Hall–Kier alpha value is -8.11. The molecule has 0 spiro atoms. The van der Waals surface area contributed by atoms with Gasteiger partial charge in [-0.1, -0.05) is 13.8 Å². The third-order valence-corrected chi connectivity index (χ3v) is 13.8. The van der Waals surface area contributed by atoms with Gasteiger partial charge in [-0.2, -0.15) is 37.9 Å². The summed E-state index contributed by atoms with van der Waals surface area (Å²) in [5, 5.41) is 74.5. The van der Waals surface area contributed by atoms with E-state index in [1.807, 2.05) is 0 Å². The molecule has 22 N–H and O–H groups in total. The summed E-state index contributed by atoms with van der Waals surface area (Å²) in [6, 6.07) is -19.6. The van der Waals surface area contributed by atoms with Gasteiger partial charge in [0.15, 0.2) is 0 Å². The second-order valence-corrected chi connectivity index (χ2v) is 21.3. The van der Waals surface area contributed by atoms with Gasteiger partial charge in [0.25, 0.3) is 0 Å². The number of hydrogen-bond donors (Lipinski definition) is 23. The minimum absolute atomic E-state index is 0.217. The Bertz CT molecular complexity index is 2740. The van der Waals surface area contributed by atoms with Crippen LogP contribution in [-0.4, -0.2) is 237 Å². The van der Waals surface area contributed by atoms with Gasteiger partial charge in [0.2, 0.25) is 70.9 Å². The molecular weight excluding hydrogens is 1230 g/mol. The van der Waals surface area contributed by atoms with Crippen molar-refractivity contribution in [3.05, 3.63) is 36.4 Å². The average molecular weight is 1300 g/mol. The van der Waals surface area contributed by atoms with Crippen molar-refractivity contribution in [1.82, 2.24) is 78.4 Å². The number of carboxylic acid groups (broad SMARTS) is 2. The molecule has 2 aromatic heterocycles. The van der Waals surface area contributed by atoms with Crippen LogP contribution in [0.1, 0.15) is 65.3 Å². The smallest absolute Gasteiger partial charge is 0.327 e. The maximum absolute atomic E-state index is 14.0. The fourth-order valence-corrected chi connectivity index (χ4v) is 8.30. The van der Waals surface area contributed by atoms with Gasteiger partial charge in [-0.3, -0.25) is 62.3 Å². The number of thiol groups is 3. The van der Waals surface area contributed by atoms with Crippen LogP contribution >= 0.6 is 37.9 Å². The first kappa shape index (κ1) is 76.0. The first-order valence-electron chi connectivity index (χ1n) is 26.9. The van der Waals surface area contributed by atoms with Gasteiger partial charge >= 0.3 is 11.9 Å². The number of imidazole rings is 2. The Kier molecular flexibility index (Phi) is 32.4. The topological polar surface area (TPSA) is 582 Å². The van der Waals surface area contributed by atoms with Crippen LogP contribution in [-0.2, 0) is 80.0 Å². The van der Waals surface area contributed by atoms with Crippen LogP contribution in [0.4, 0.5) is 0 Å². The Labute approximate surface area is 518 Å². The van der Waals surface area contributed by atoms with Crippen molar-refractivity contribution >= 4 is 121 Å². The van der Waals surface area contributed by atoms with Crippen molar-refractivity contribution in [2.75, 3.05) is 23.9 Å². The number of rotatable bonds is 39. The van der Waals surface area contributed by atoms with Crippen molar-refractivity contribution in [2.24, 2.45) is 17.4 Å². The highest BCUT2D eigenvalue weighted by Crippen LogP contribution is 2.09. The third-order valence-electron chi connectivity index (χ3n) is 12.7. The van der Waals surface area contributed by atoms with Crippen LogP contribution in [0.15, 0.2) is 25.0 Å². The van der Waals surface area contributed by atoms with Crippen molar-refractivity contribution in [1.29, 1.82) is 0 Å². The van der Waals surface area contributed by atoms with Crippen molar-refractivity contribution in [2.45, 2.75) is 151 Å². The number of carbonyl (C=O) groups is 14. The standard InChI is InChI=1S/C49H77N17O19S3/c1-19(2)35(51)46(81)57-25(6-7-34(71)72)39(74)60-28(10-33(50)70)41(76)58-27(9-24-12-53-18-55-24)42(77)65-36(21(4)68)47(82)56-20(3)38(73)62-30(14-86)44(79)59-26(8-23-11-52-17-54-23)40(75)63-31(15-87)45(80)61-29(13-67)43(78)66-37(22(5)69)48(83)64-32(16-88)49(84)85/h11-12,17-22,25-32,35-37,67-69,86-88H,6-10,13-16,51H2,1-5H3,(H2,50,70)(H,52,54)(H,53,55)(H,56,82)(H,57,81)(H,58,76)(H,59,79)(H,60,74)(H,61,80)(H,62,73)(H,63,75)(H,64,83)(H,65,77)(H,66,78)(H,71,72)(H,84,85)/t20-,21+,22+,25-,26-,27-,28-,29-,30-,31-,32-,35-,36-,37-/m0/s1. The first-order chi connectivity index (χ1) is 41.3. The van der Waals surface area contributed by atoms with E-state index in [0.29, 0.717) is 0 Å². The van der Waals surface area contributed by atoms with E-state index in [-0.39, 0.29) is 23.6 Å². The summed E-state index contributed by atoms with van der Waals surface area (Å²) in [5.74, 6) is -17.8. The summed E-state index contributed by atoms with van der Waals surface area (Å²) in [7, 11) is 0. The summed E-state index contributed by atoms with van der Waals surface area (Å²) in [6.45, 7) is 5.46. The molecule has 490 valence electrons. The third kappa shape index (κ3) is 25.3. The molecule has 88 heavy (non-hydrogen) atoms. The molecule has 0 aliphatic carbocycles. The highest BCUT2D eigenvalue weighted by atomic mass is 32.1. The summed E-state index contributed by atoms with van der Waals surface area (Å²) in [4.78, 5) is 197. The lowest BCUT2D eigenvalue weighted by molar-refractivity contribution is -0.142. The number of carbonyl (C=O) groups excluding carboxylic acids is 12. The minimum atomic E-state index is -1.89. The Morgan fingerprint density at radius 3 is 1.25 bits per heavy atom. The highest BCUT2D eigenvalue weighted by molar-refractivity contribution is 7.80. The van der Waals surface area contributed by atoms with Crippen LogP contribution in [0.5, 0.6) is 0 Å². The molecule has 0 aromatic carbocycles. The lowest BCUT2D eigenvalue weighted by atomic mass is 10.0. The van der Waals surface area contributed by atoms with Gasteiger partial charge < -0.3 is 105 Å². The maximum Gasteiger partial charge on any atom is 0.327 e. The van der Waals surface area contributed by atoms with Crippen molar-refractivity contribution in [3.8, 4) is 0 Å². The molecule has 12 amide bonds. The zero-order valence-electron chi connectivity index (χ0n) is 48.2. The molecule has 0 aliphatic heterocycles. The van der Waals surface area contributed by atoms with Crippen molar-refractivity contribution < 1.29 is 92.7 Å². The van der Waals surface area contributed by atoms with Gasteiger partial charge in [0.1, 0.15) is 66.5 Å². The Morgan fingerprint density at radius 2 is 0.852 bits per heavy atom. The molecule has 0 radical (unpaired) electrons. The number of H-pyrrole nitrogens is 2. The van der Waals surface area contributed by atoms with E-state index in [2.05, 4.69) is 116 Å². The maximum atomic E-state index is 14.0. The number of aliphatic hydroxyl groups is 3. The number of aliphatic carboxylic acids is 2. The van der Waals surface area contributed by atoms with E-state index in [9.17, 15) is 92.7 Å². The summed E-state index contributed by atoms with van der Waals surface area (Å²) < 4.78 is 0. The fraction of sp³-hybridized carbons (Fsp3) is 0.592. The highest BCUT2D eigenvalue weighted by Gasteiger charge is 2.38. The normalized spacial score (nSPS) is 15.9. The molecular formula is C49H77N17O19S3. The molecule has 2 heterocycles. The SMILES string of the molecule is CC(C)[C@H](N)C(=O)N[C@@H](CCC(=O)O)C(=O)N[C@@H](CC(N)=O)C(=O)N[C@@H](Cc1cnc[nH]1)C(=O)N[C@H](C(=O)N[C@@H](C)C(=O)N[C@@H](CS)C(=O)N[C@@H](Cc1cnc[nH]1)C(=O)N[C@@H](CS)C(=O)N[C@@H](CO)C(=O)N[C@H](C(=O)N[C@@H](CS)C(=O)O)[C@@H](C)O)[C@@H](C)O. The van der Waals surface area contributed by atoms with Gasteiger partial charge in [0.05, 0.1) is 43.9 Å². The number of aromatic nitrogens is 4. The lowest BCUT2D eigenvalue weighted by Crippen LogP contribution is -2.62. The predicted molar refractivity (Wildman–Crippen MR) is 315 cm³/mol. The molecule has 39 heteroatoms. The molecule has 0 bridgehead atoms. The second-order valence-electron chi connectivity index (χ2n) is 20.2. The fourth-order valence-electron chi connectivity index (χ4n) is 7.54. The Morgan fingerprint density at radius 1 is 0.489 bits per heavy atom. The largest absolute Gasteiger partial charge is 0.481 e. The van der Waals surface area contributed by atoms with E-state index in [1.54, 1.807) is 13.8 Å². The monoisotopic (exact) mass is 1300 g/mol. The summed E-state index contributed by atoms with van der Waals surface area (Å²) in [5.41, 5.74) is 11.8. The number of nitrogens with zero attached hydrogens (tertiary/aromatic N) is 2. The Balaban J connectivity index is 2.28. The number of aliphatic hydroxyl groups excluding tert-OH is 3. The summed E-state index contributed by atoms with van der Waals surface area (Å²) in [6.07, 6.45) is -1.04. The molecule has 2 rings (SSSR count). The number of amides is 12. The van der Waals surface area contributed by atoms with E-state index in [4.69, 9.17) is 11.5 Å². The summed E-state index contributed by atoms with van der Waals surface area (Å²) >= 11 is 12.1. The van der Waals surface area contributed by atoms with Gasteiger partial charge in [0, 0.05) is 60.3 Å². The van der Waals surface area contributed by atoms with Crippen LogP contribution < -0.4 is 70.0 Å². The predicted octanol–water partition coefficient (Wildman–Crippen LogP) is -9.38. The van der Waals surface area contributed by atoms with Gasteiger partial charge in [-0.15, -0.1) is 0 Å². The number of hydrogen-bond acceptors (Lipinski definition) is 23. The molecule has 0 unspecified atom stereocenters.